The number of alkyl halides is 1. The van der Waals surface area contributed by atoms with Crippen molar-refractivity contribution < 1.29 is 4.39 Å². The summed E-state index contributed by atoms with van der Waals surface area (Å²) in [4.78, 5) is 2.22. The minimum Gasteiger partial charge on any atom is -0.301 e. The first-order valence-corrected chi connectivity index (χ1v) is 6.62. The van der Waals surface area contributed by atoms with E-state index in [1.807, 2.05) is 0 Å². The topological polar surface area (TPSA) is 3.24 Å². The number of nitrogens with zero attached hydrogens (tertiary/aromatic N) is 1. The molecule has 0 N–H and O–H groups in total. The number of hydrogen-bond donors (Lipinski definition) is 0. The van der Waals surface area contributed by atoms with Gasteiger partial charge in [-0.2, -0.15) is 0 Å². The van der Waals surface area contributed by atoms with E-state index < -0.39 is 0 Å². The van der Waals surface area contributed by atoms with Gasteiger partial charge in [0, 0.05) is 11.0 Å². The summed E-state index contributed by atoms with van der Waals surface area (Å²) in [5.74, 6) is 0.656. The molecule has 1 aromatic carbocycles. The maximum atomic E-state index is 12.2. The van der Waals surface area contributed by atoms with Gasteiger partial charge in [0.15, 0.2) is 0 Å². The average Bonchev–Trinajstić information content (AvgIpc) is 2.32. The van der Waals surface area contributed by atoms with E-state index in [-0.39, 0.29) is 6.67 Å². The van der Waals surface area contributed by atoms with E-state index in [9.17, 15) is 4.39 Å². The highest BCUT2D eigenvalue weighted by Gasteiger charge is 2.19. The van der Waals surface area contributed by atoms with Gasteiger partial charge in [-0.05, 0) is 49.5 Å². The first-order valence-electron chi connectivity index (χ1n) is 5.83. The fraction of sp³-hybridized carbons (Fsp3) is 0.538. The van der Waals surface area contributed by atoms with Gasteiger partial charge >= 0.3 is 0 Å². The smallest absolute Gasteiger partial charge is 0.102 e. The lowest BCUT2D eigenvalue weighted by atomic mass is 9.89. The Kier molecular flexibility index (Phi) is 4.36. The van der Waals surface area contributed by atoms with E-state index in [0.29, 0.717) is 12.5 Å². The fourth-order valence-electron chi connectivity index (χ4n) is 2.34. The van der Waals surface area contributed by atoms with Crippen LogP contribution in [0, 0.1) is 0 Å². The zero-order chi connectivity index (χ0) is 11.4. The van der Waals surface area contributed by atoms with E-state index >= 15 is 0 Å². The zero-order valence-corrected chi connectivity index (χ0v) is 10.9. The molecule has 1 saturated heterocycles. The molecule has 0 amide bonds. The van der Waals surface area contributed by atoms with E-state index in [0.717, 1.165) is 30.4 Å². The van der Waals surface area contributed by atoms with Crippen LogP contribution in [0.3, 0.4) is 0 Å². The second-order valence-electron chi connectivity index (χ2n) is 4.36. The van der Waals surface area contributed by atoms with Crippen molar-refractivity contribution in [2.75, 3.05) is 26.3 Å². The van der Waals surface area contributed by atoms with E-state index in [2.05, 4.69) is 45.1 Å². The Labute approximate surface area is 105 Å². The van der Waals surface area contributed by atoms with Gasteiger partial charge < -0.3 is 4.90 Å². The largest absolute Gasteiger partial charge is 0.301 e. The van der Waals surface area contributed by atoms with Gasteiger partial charge in [0.2, 0.25) is 0 Å². The monoisotopic (exact) mass is 285 g/mol. The number of benzene rings is 1. The molecule has 3 heteroatoms. The van der Waals surface area contributed by atoms with E-state index in [1.165, 1.54) is 5.56 Å². The van der Waals surface area contributed by atoms with Crippen LogP contribution in [-0.4, -0.2) is 31.2 Å². The molecule has 0 radical (unpaired) electrons. The first-order chi connectivity index (χ1) is 7.79. The number of likely N-dealkylation sites (tertiary alicyclic amines) is 1. The Bertz CT molecular complexity index is 317. The van der Waals surface area contributed by atoms with Crippen molar-refractivity contribution in [3.8, 4) is 0 Å². The number of halogens is 2. The van der Waals surface area contributed by atoms with Gasteiger partial charge in [0.05, 0.1) is 0 Å². The molecule has 88 valence electrons. The number of rotatable bonds is 3. The minimum atomic E-state index is -0.219. The minimum absolute atomic E-state index is 0.219. The lowest BCUT2D eigenvalue weighted by Crippen LogP contribution is -2.34. The molecule has 0 saturated carbocycles. The van der Waals surface area contributed by atoms with Crippen LogP contribution in [0.5, 0.6) is 0 Å². The summed E-state index contributed by atoms with van der Waals surface area (Å²) in [5.41, 5.74) is 1.42. The van der Waals surface area contributed by atoms with E-state index in [1.54, 1.807) is 0 Å². The summed E-state index contributed by atoms with van der Waals surface area (Å²) in [6.07, 6.45) is 2.31. The molecule has 0 unspecified atom stereocenters. The van der Waals surface area contributed by atoms with Gasteiger partial charge in [0.25, 0.3) is 0 Å². The van der Waals surface area contributed by atoms with Crippen LogP contribution in [-0.2, 0) is 0 Å². The molecule has 1 nitrogen and oxygen atoms in total. The van der Waals surface area contributed by atoms with Gasteiger partial charge in [0.1, 0.15) is 6.67 Å². The van der Waals surface area contributed by atoms with Crippen molar-refractivity contribution in [3.05, 3.63) is 34.3 Å². The normalized spacial score (nSPS) is 18.9. The molecule has 0 aromatic heterocycles. The van der Waals surface area contributed by atoms with Crippen LogP contribution in [0.4, 0.5) is 4.39 Å². The average molecular weight is 286 g/mol. The van der Waals surface area contributed by atoms with Crippen molar-refractivity contribution in [3.63, 3.8) is 0 Å². The van der Waals surface area contributed by atoms with Crippen molar-refractivity contribution in [1.29, 1.82) is 0 Å². The summed E-state index contributed by atoms with van der Waals surface area (Å²) in [7, 11) is 0. The predicted molar refractivity (Wildman–Crippen MR) is 68.5 cm³/mol. The highest BCUT2D eigenvalue weighted by molar-refractivity contribution is 9.10. The number of hydrogen-bond acceptors (Lipinski definition) is 1. The molecule has 1 aromatic rings. The quantitative estimate of drug-likeness (QED) is 0.820. The zero-order valence-electron chi connectivity index (χ0n) is 9.33. The Balaban J connectivity index is 1.91. The molecule has 1 heterocycles. The third-order valence-corrected chi connectivity index (χ3v) is 3.86. The Morgan fingerprint density at radius 1 is 1.19 bits per heavy atom. The highest BCUT2D eigenvalue weighted by Crippen LogP contribution is 2.28. The lowest BCUT2D eigenvalue weighted by molar-refractivity contribution is 0.197. The molecule has 1 fully saturated rings. The fourth-order valence-corrected chi connectivity index (χ4v) is 2.61. The van der Waals surface area contributed by atoms with Crippen molar-refractivity contribution in [2.45, 2.75) is 18.8 Å². The second kappa shape index (κ2) is 5.78. The SMILES string of the molecule is FCCN1CCC(c2ccc(Br)cc2)CC1. The summed E-state index contributed by atoms with van der Waals surface area (Å²) in [6, 6.07) is 8.59. The van der Waals surface area contributed by atoms with Crippen molar-refractivity contribution in [1.82, 2.24) is 4.90 Å². The summed E-state index contributed by atoms with van der Waals surface area (Å²) in [5, 5.41) is 0. The Morgan fingerprint density at radius 3 is 2.38 bits per heavy atom. The summed E-state index contributed by atoms with van der Waals surface area (Å²) < 4.78 is 13.3. The molecule has 0 bridgehead atoms. The van der Waals surface area contributed by atoms with E-state index in [4.69, 9.17) is 0 Å². The molecule has 1 aliphatic rings. The van der Waals surface area contributed by atoms with Crippen LogP contribution in [0.25, 0.3) is 0 Å². The van der Waals surface area contributed by atoms with Crippen LogP contribution in [0.15, 0.2) is 28.7 Å². The van der Waals surface area contributed by atoms with Crippen LogP contribution >= 0.6 is 15.9 Å². The summed E-state index contributed by atoms with van der Waals surface area (Å²) in [6.45, 7) is 2.45. The standard InChI is InChI=1S/C13H17BrFN/c14-13-3-1-11(2-4-13)12-5-8-16(9-6-12)10-7-15/h1-4,12H,5-10H2. The van der Waals surface area contributed by atoms with Crippen LogP contribution < -0.4 is 0 Å². The third-order valence-electron chi connectivity index (χ3n) is 3.33. The highest BCUT2D eigenvalue weighted by atomic mass is 79.9. The molecule has 0 atom stereocenters. The molecule has 1 aliphatic heterocycles. The predicted octanol–water partition coefficient (Wildman–Crippen LogP) is 3.60. The Hall–Kier alpha value is -0.410. The molecule has 0 aliphatic carbocycles. The third kappa shape index (κ3) is 3.05. The first kappa shape index (κ1) is 12.1. The molecule has 2 rings (SSSR count). The van der Waals surface area contributed by atoms with Crippen molar-refractivity contribution in [2.24, 2.45) is 0 Å². The molecule has 0 spiro atoms. The Morgan fingerprint density at radius 2 is 1.81 bits per heavy atom. The van der Waals surface area contributed by atoms with Gasteiger partial charge in [-0.3, -0.25) is 0 Å². The maximum Gasteiger partial charge on any atom is 0.102 e. The molecular formula is C13H17BrFN. The molecule has 16 heavy (non-hydrogen) atoms. The molecular weight excluding hydrogens is 269 g/mol. The van der Waals surface area contributed by atoms with Crippen LogP contribution in [0.2, 0.25) is 0 Å². The number of piperidine rings is 1. The maximum absolute atomic E-state index is 12.2. The second-order valence-corrected chi connectivity index (χ2v) is 5.27. The lowest BCUT2D eigenvalue weighted by Gasteiger charge is -2.31. The van der Waals surface area contributed by atoms with Gasteiger partial charge in [-0.1, -0.05) is 28.1 Å². The van der Waals surface area contributed by atoms with Crippen molar-refractivity contribution >= 4 is 15.9 Å². The van der Waals surface area contributed by atoms with Crippen LogP contribution in [0.1, 0.15) is 24.3 Å². The van der Waals surface area contributed by atoms with Gasteiger partial charge in [-0.15, -0.1) is 0 Å². The van der Waals surface area contributed by atoms with Gasteiger partial charge in [-0.25, -0.2) is 4.39 Å². The summed E-state index contributed by atoms with van der Waals surface area (Å²) >= 11 is 3.45.